The zero-order valence-corrected chi connectivity index (χ0v) is 11.9. The molecule has 1 spiro atoms. The van der Waals surface area contributed by atoms with Crippen molar-refractivity contribution < 1.29 is 5.11 Å². The van der Waals surface area contributed by atoms with E-state index < -0.39 is 0 Å². The van der Waals surface area contributed by atoms with Gasteiger partial charge in [-0.25, -0.2) is 15.0 Å². The Bertz CT molecular complexity index is 623. The van der Waals surface area contributed by atoms with E-state index in [1.807, 2.05) is 0 Å². The molecule has 2 aromatic rings. The van der Waals surface area contributed by atoms with Gasteiger partial charge in [-0.2, -0.15) is 0 Å². The zero-order valence-electron chi connectivity index (χ0n) is 11.9. The lowest BCUT2D eigenvalue weighted by atomic mass is 9.80. The Labute approximate surface area is 122 Å². The molecule has 0 radical (unpaired) electrons. The molecule has 0 saturated carbocycles. The molecule has 0 amide bonds. The Balaban J connectivity index is 1.51. The number of imidazole rings is 1. The summed E-state index contributed by atoms with van der Waals surface area (Å²) < 4.78 is 0. The number of hydrogen-bond donors (Lipinski definition) is 3. The summed E-state index contributed by atoms with van der Waals surface area (Å²) >= 11 is 0. The summed E-state index contributed by atoms with van der Waals surface area (Å²) in [6, 6.07) is 0. The first-order valence-corrected chi connectivity index (χ1v) is 7.58. The minimum absolute atomic E-state index is 0.180. The molecular formula is C14H20N6O. The number of H-pyrrole nitrogens is 1. The van der Waals surface area contributed by atoms with Crippen LogP contribution in [0, 0.1) is 0 Å². The number of aliphatic hydroxyl groups excluding tert-OH is 1. The standard InChI is InChI=1S/C14H20N6O/c21-10-1-2-14(19-7-10)3-5-20(6-4-14)13-11-12(16-8-15-11)17-9-18-13/h8-10,19,21H,1-7H2,(H,15,16,17,18). The van der Waals surface area contributed by atoms with Crippen LogP contribution in [-0.4, -0.2) is 56.3 Å². The number of rotatable bonds is 1. The number of nitrogens with zero attached hydrogens (tertiary/aromatic N) is 4. The Morgan fingerprint density at radius 1 is 1.19 bits per heavy atom. The summed E-state index contributed by atoms with van der Waals surface area (Å²) in [7, 11) is 0. The van der Waals surface area contributed by atoms with Crippen molar-refractivity contribution >= 4 is 17.0 Å². The minimum Gasteiger partial charge on any atom is -0.392 e. The number of β-amino-alcohol motifs (C(OH)–C–C–N with tert-alkyl or cyclic N) is 1. The number of aromatic amines is 1. The maximum Gasteiger partial charge on any atom is 0.182 e. The summed E-state index contributed by atoms with van der Waals surface area (Å²) in [4.78, 5) is 18.2. The van der Waals surface area contributed by atoms with Gasteiger partial charge in [0.2, 0.25) is 0 Å². The molecule has 7 nitrogen and oxygen atoms in total. The molecule has 21 heavy (non-hydrogen) atoms. The van der Waals surface area contributed by atoms with Gasteiger partial charge in [-0.1, -0.05) is 0 Å². The van der Waals surface area contributed by atoms with Crippen molar-refractivity contribution in [3.63, 3.8) is 0 Å². The van der Waals surface area contributed by atoms with Crippen molar-refractivity contribution in [2.24, 2.45) is 0 Å². The van der Waals surface area contributed by atoms with Gasteiger partial charge in [0.05, 0.1) is 12.4 Å². The van der Waals surface area contributed by atoms with Gasteiger partial charge >= 0.3 is 0 Å². The average Bonchev–Trinajstić information content (AvgIpc) is 3.00. The Hall–Kier alpha value is -1.73. The molecule has 2 aliphatic rings. The van der Waals surface area contributed by atoms with Crippen molar-refractivity contribution in [3.8, 4) is 0 Å². The van der Waals surface area contributed by atoms with Crippen LogP contribution in [0.5, 0.6) is 0 Å². The molecule has 0 bridgehead atoms. The first-order chi connectivity index (χ1) is 10.3. The molecule has 2 aliphatic heterocycles. The van der Waals surface area contributed by atoms with E-state index in [-0.39, 0.29) is 11.6 Å². The van der Waals surface area contributed by atoms with Gasteiger partial charge in [0.1, 0.15) is 11.8 Å². The van der Waals surface area contributed by atoms with Crippen LogP contribution < -0.4 is 10.2 Å². The van der Waals surface area contributed by atoms with Crippen molar-refractivity contribution in [1.29, 1.82) is 0 Å². The fourth-order valence-electron chi connectivity index (χ4n) is 3.53. The fraction of sp³-hybridized carbons (Fsp3) is 0.643. The minimum atomic E-state index is -0.180. The number of anilines is 1. The predicted molar refractivity (Wildman–Crippen MR) is 79.1 cm³/mol. The van der Waals surface area contributed by atoms with Crippen LogP contribution in [0.3, 0.4) is 0 Å². The van der Waals surface area contributed by atoms with Gasteiger partial charge in [0.25, 0.3) is 0 Å². The van der Waals surface area contributed by atoms with Gasteiger partial charge in [-0.05, 0) is 25.7 Å². The van der Waals surface area contributed by atoms with E-state index in [0.717, 1.165) is 62.3 Å². The van der Waals surface area contributed by atoms with Crippen LogP contribution in [0.2, 0.25) is 0 Å². The van der Waals surface area contributed by atoms with Gasteiger partial charge in [-0.3, -0.25) is 0 Å². The van der Waals surface area contributed by atoms with E-state index >= 15 is 0 Å². The summed E-state index contributed by atoms with van der Waals surface area (Å²) in [5.74, 6) is 0.947. The second-order valence-corrected chi connectivity index (χ2v) is 6.14. The molecule has 0 aliphatic carbocycles. The van der Waals surface area contributed by atoms with E-state index in [1.54, 1.807) is 12.7 Å². The first kappa shape index (κ1) is 13.0. The van der Waals surface area contributed by atoms with E-state index in [0.29, 0.717) is 0 Å². The maximum absolute atomic E-state index is 9.65. The van der Waals surface area contributed by atoms with E-state index in [2.05, 4.69) is 30.2 Å². The van der Waals surface area contributed by atoms with Crippen molar-refractivity contribution in [2.75, 3.05) is 24.5 Å². The molecule has 2 fully saturated rings. The topological polar surface area (TPSA) is 90.0 Å². The summed E-state index contributed by atoms with van der Waals surface area (Å²) in [5.41, 5.74) is 1.84. The van der Waals surface area contributed by atoms with Crippen LogP contribution in [0.15, 0.2) is 12.7 Å². The zero-order chi connectivity index (χ0) is 14.3. The molecular weight excluding hydrogens is 268 g/mol. The lowest BCUT2D eigenvalue weighted by Crippen LogP contribution is -2.58. The third kappa shape index (κ3) is 2.26. The number of aromatic nitrogens is 4. The van der Waals surface area contributed by atoms with Gasteiger partial charge < -0.3 is 20.3 Å². The molecule has 2 aromatic heterocycles. The second kappa shape index (κ2) is 4.92. The van der Waals surface area contributed by atoms with E-state index in [4.69, 9.17) is 0 Å². The Kier molecular flexibility index (Phi) is 3.04. The first-order valence-electron chi connectivity index (χ1n) is 7.58. The maximum atomic E-state index is 9.65. The molecule has 2 saturated heterocycles. The van der Waals surface area contributed by atoms with E-state index in [1.165, 1.54) is 0 Å². The Morgan fingerprint density at radius 3 is 2.81 bits per heavy atom. The second-order valence-electron chi connectivity index (χ2n) is 6.14. The van der Waals surface area contributed by atoms with Crippen LogP contribution in [0.25, 0.3) is 11.2 Å². The molecule has 4 rings (SSSR count). The molecule has 7 heteroatoms. The fourth-order valence-corrected chi connectivity index (χ4v) is 3.53. The summed E-state index contributed by atoms with van der Waals surface area (Å²) in [5, 5.41) is 13.2. The van der Waals surface area contributed by atoms with Crippen LogP contribution in [0.1, 0.15) is 25.7 Å². The lowest BCUT2D eigenvalue weighted by Gasteiger charge is -2.46. The molecule has 112 valence electrons. The smallest absolute Gasteiger partial charge is 0.182 e. The molecule has 1 unspecified atom stereocenters. The highest BCUT2D eigenvalue weighted by Crippen LogP contribution is 2.33. The van der Waals surface area contributed by atoms with Crippen molar-refractivity contribution in [2.45, 2.75) is 37.3 Å². The lowest BCUT2D eigenvalue weighted by molar-refractivity contribution is 0.0816. The molecule has 4 heterocycles. The normalized spacial score (nSPS) is 25.6. The number of nitrogens with one attached hydrogen (secondary N) is 2. The van der Waals surface area contributed by atoms with Crippen molar-refractivity contribution in [1.82, 2.24) is 25.3 Å². The van der Waals surface area contributed by atoms with Crippen molar-refractivity contribution in [3.05, 3.63) is 12.7 Å². The largest absolute Gasteiger partial charge is 0.392 e. The number of piperidine rings is 2. The Morgan fingerprint density at radius 2 is 2.05 bits per heavy atom. The SMILES string of the molecule is OC1CCC2(CCN(c3ncnc4nc[nH]c34)CC2)NC1. The highest BCUT2D eigenvalue weighted by Gasteiger charge is 2.37. The van der Waals surface area contributed by atoms with Gasteiger partial charge in [0, 0.05) is 25.2 Å². The highest BCUT2D eigenvalue weighted by molar-refractivity contribution is 5.82. The average molecular weight is 288 g/mol. The van der Waals surface area contributed by atoms with Gasteiger partial charge in [-0.15, -0.1) is 0 Å². The summed E-state index contributed by atoms with van der Waals surface area (Å²) in [6.07, 6.45) is 7.20. The molecule has 1 atom stereocenters. The van der Waals surface area contributed by atoms with Crippen LogP contribution >= 0.6 is 0 Å². The third-order valence-corrected chi connectivity index (χ3v) is 4.89. The highest BCUT2D eigenvalue weighted by atomic mass is 16.3. The predicted octanol–water partition coefficient (Wildman–Crippen LogP) is 0.436. The van der Waals surface area contributed by atoms with Crippen LogP contribution in [0.4, 0.5) is 5.82 Å². The monoisotopic (exact) mass is 288 g/mol. The molecule has 3 N–H and O–H groups in total. The molecule has 0 aromatic carbocycles. The quantitative estimate of drug-likeness (QED) is 0.705. The van der Waals surface area contributed by atoms with Crippen LogP contribution in [-0.2, 0) is 0 Å². The number of fused-ring (bicyclic) bond motifs is 1. The number of hydrogen-bond acceptors (Lipinski definition) is 6. The number of aliphatic hydroxyl groups is 1. The van der Waals surface area contributed by atoms with E-state index in [9.17, 15) is 5.11 Å². The van der Waals surface area contributed by atoms with Gasteiger partial charge in [0.15, 0.2) is 11.5 Å². The third-order valence-electron chi connectivity index (χ3n) is 4.89. The summed E-state index contributed by atoms with van der Waals surface area (Å²) in [6.45, 7) is 2.65.